The first-order valence-corrected chi connectivity index (χ1v) is 5.35. The molecule has 2 nitrogen and oxygen atoms in total. The van der Waals surface area contributed by atoms with Crippen molar-refractivity contribution in [1.82, 2.24) is 5.32 Å². The minimum absolute atomic E-state index is 0.0396. The second-order valence-corrected chi connectivity index (χ2v) is 4.81. The number of allylic oxidation sites excluding steroid dienone is 1. The molecule has 2 rings (SSSR count). The molecule has 7 heteroatoms. The van der Waals surface area contributed by atoms with Crippen LogP contribution in [-0.2, 0) is 0 Å². The number of alkyl halides is 3. The van der Waals surface area contributed by atoms with Gasteiger partial charge in [-0.05, 0) is 12.2 Å². The third-order valence-corrected chi connectivity index (χ3v) is 3.28. The van der Waals surface area contributed by atoms with E-state index in [1.165, 1.54) is 29.2 Å². The van der Waals surface area contributed by atoms with Crippen molar-refractivity contribution in [2.45, 2.75) is 17.6 Å². The van der Waals surface area contributed by atoms with Crippen LogP contribution >= 0.6 is 23.4 Å². The number of hydrogen-bond donors (Lipinski definition) is 1. The zero-order chi connectivity index (χ0) is 11.1. The van der Waals surface area contributed by atoms with E-state index in [-0.39, 0.29) is 17.0 Å². The number of rotatable bonds is 1. The molecule has 2 aliphatic rings. The Balaban J connectivity index is 2.08. The van der Waals surface area contributed by atoms with Gasteiger partial charge in [-0.2, -0.15) is 13.2 Å². The highest BCUT2D eigenvalue weighted by atomic mass is 35.5. The van der Waals surface area contributed by atoms with Gasteiger partial charge in [-0.15, -0.1) is 0 Å². The van der Waals surface area contributed by atoms with Gasteiger partial charge in [0.15, 0.2) is 4.50 Å². The van der Waals surface area contributed by atoms with Crippen molar-refractivity contribution in [3.8, 4) is 0 Å². The van der Waals surface area contributed by atoms with Crippen LogP contribution in [0.2, 0.25) is 0 Å². The van der Waals surface area contributed by atoms with Crippen molar-refractivity contribution in [3.63, 3.8) is 0 Å². The number of fused-ring (bicyclic) bond motifs is 1. The van der Waals surface area contributed by atoms with Crippen LogP contribution < -0.4 is 5.32 Å². The number of aliphatic imine (C=N–C) groups is 1. The highest BCUT2D eigenvalue weighted by Crippen LogP contribution is 2.34. The smallest absolute Gasteiger partial charge is 0.298 e. The quantitative estimate of drug-likeness (QED) is 0.728. The van der Waals surface area contributed by atoms with Gasteiger partial charge in [0, 0.05) is 5.70 Å². The molecule has 82 valence electrons. The van der Waals surface area contributed by atoms with Crippen LogP contribution in [0, 0.1) is 0 Å². The molecule has 0 amide bonds. The number of halogens is 4. The van der Waals surface area contributed by atoms with Gasteiger partial charge in [0.1, 0.15) is 0 Å². The van der Waals surface area contributed by atoms with E-state index in [4.69, 9.17) is 11.6 Å². The molecular formula is C8H6ClF3N2S. The Morgan fingerprint density at radius 3 is 2.87 bits per heavy atom. The summed E-state index contributed by atoms with van der Waals surface area (Å²) in [4.78, 5) is 4.05. The van der Waals surface area contributed by atoms with E-state index in [2.05, 4.69) is 4.99 Å². The Labute approximate surface area is 93.3 Å². The molecule has 0 aromatic heterocycles. The normalized spacial score (nSPS) is 29.6. The minimum atomic E-state index is -4.41. The van der Waals surface area contributed by atoms with Crippen LogP contribution in [0.25, 0.3) is 0 Å². The lowest BCUT2D eigenvalue weighted by molar-refractivity contribution is -0.148. The number of nitrogens with zero attached hydrogens (tertiary/aromatic N) is 1. The molecule has 0 aromatic carbocycles. The predicted molar refractivity (Wildman–Crippen MR) is 54.9 cm³/mol. The van der Waals surface area contributed by atoms with Crippen LogP contribution in [-0.4, -0.2) is 22.1 Å². The summed E-state index contributed by atoms with van der Waals surface area (Å²) in [6.07, 6.45) is 0.0635. The van der Waals surface area contributed by atoms with Gasteiger partial charge in [-0.1, -0.05) is 29.4 Å². The predicted octanol–water partition coefficient (Wildman–Crippen LogP) is 2.63. The van der Waals surface area contributed by atoms with Crippen LogP contribution in [0.1, 0.15) is 0 Å². The summed E-state index contributed by atoms with van der Waals surface area (Å²) in [5.41, 5.74) is 0.0396. The monoisotopic (exact) mass is 254 g/mol. The third kappa shape index (κ3) is 2.69. The molecule has 1 heterocycles. The largest absolute Gasteiger partial charge is 0.482 e. The molecule has 2 unspecified atom stereocenters. The average molecular weight is 255 g/mol. The Bertz CT molecular complexity index is 361. The zero-order valence-electron chi connectivity index (χ0n) is 7.25. The minimum Gasteiger partial charge on any atom is -0.298 e. The van der Waals surface area contributed by atoms with E-state index in [9.17, 15) is 13.2 Å². The maximum Gasteiger partial charge on any atom is 0.482 e. The fraction of sp³-hybridized carbons (Fsp3) is 0.375. The summed E-state index contributed by atoms with van der Waals surface area (Å²) in [5.74, 6) is 0. The van der Waals surface area contributed by atoms with Gasteiger partial charge in [0.05, 0.1) is 11.3 Å². The van der Waals surface area contributed by atoms with Crippen molar-refractivity contribution >= 4 is 27.9 Å². The SMILES string of the molecule is FC(F)(F)NC1=CC2SC(Cl)=NC2C=C1. The molecule has 0 radical (unpaired) electrons. The van der Waals surface area contributed by atoms with Crippen LogP contribution in [0.15, 0.2) is 28.9 Å². The standard InChI is InChI=1S/C8H6ClF3N2S/c9-7-13-5-2-1-4(3-6(5)15-7)14-8(10,11)12/h1-3,5-6,14H. The first kappa shape index (κ1) is 10.9. The fourth-order valence-electron chi connectivity index (χ4n) is 1.37. The van der Waals surface area contributed by atoms with Gasteiger partial charge < -0.3 is 0 Å². The number of hydrogen-bond acceptors (Lipinski definition) is 3. The van der Waals surface area contributed by atoms with Gasteiger partial charge in [-0.25, -0.2) is 0 Å². The molecule has 15 heavy (non-hydrogen) atoms. The van der Waals surface area contributed by atoms with E-state index < -0.39 is 6.30 Å². The maximum atomic E-state index is 12.0. The Kier molecular flexibility index (Phi) is 2.72. The topological polar surface area (TPSA) is 24.4 Å². The molecule has 0 fully saturated rings. The summed E-state index contributed by atoms with van der Waals surface area (Å²) in [6.45, 7) is 0. The van der Waals surface area contributed by atoms with Crippen molar-refractivity contribution < 1.29 is 13.2 Å². The molecule has 0 bridgehead atoms. The summed E-state index contributed by atoms with van der Waals surface area (Å²) in [6, 6.07) is -0.138. The molecule has 1 aliphatic carbocycles. The number of nitrogens with one attached hydrogen (secondary N) is 1. The lowest BCUT2D eigenvalue weighted by Gasteiger charge is -2.18. The summed E-state index contributed by atoms with van der Waals surface area (Å²) in [7, 11) is 0. The second kappa shape index (κ2) is 3.75. The van der Waals surface area contributed by atoms with E-state index in [0.29, 0.717) is 4.50 Å². The molecule has 1 N–H and O–H groups in total. The summed E-state index contributed by atoms with van der Waals surface area (Å²) in [5, 5.41) is 1.32. The van der Waals surface area contributed by atoms with Gasteiger partial charge in [0.25, 0.3) is 0 Å². The average Bonchev–Trinajstić information content (AvgIpc) is 2.40. The first-order valence-electron chi connectivity index (χ1n) is 4.09. The molecule has 2 atom stereocenters. The van der Waals surface area contributed by atoms with Crippen LogP contribution in [0.5, 0.6) is 0 Å². The van der Waals surface area contributed by atoms with Crippen LogP contribution in [0.3, 0.4) is 0 Å². The Morgan fingerprint density at radius 2 is 2.20 bits per heavy atom. The highest BCUT2D eigenvalue weighted by molar-refractivity contribution is 8.17. The van der Waals surface area contributed by atoms with Crippen molar-refractivity contribution in [2.75, 3.05) is 0 Å². The van der Waals surface area contributed by atoms with E-state index in [0.717, 1.165) is 0 Å². The lowest BCUT2D eigenvalue weighted by atomic mass is 10.1. The molecule has 0 saturated heterocycles. The van der Waals surface area contributed by atoms with Gasteiger partial charge >= 0.3 is 6.30 Å². The van der Waals surface area contributed by atoms with Gasteiger partial charge in [0.2, 0.25) is 0 Å². The molecule has 0 saturated carbocycles. The summed E-state index contributed by atoms with van der Waals surface area (Å²) >= 11 is 6.93. The molecule has 0 spiro atoms. The summed E-state index contributed by atoms with van der Waals surface area (Å²) < 4.78 is 36.4. The second-order valence-electron chi connectivity index (χ2n) is 3.06. The first-order chi connectivity index (χ1) is 6.94. The Morgan fingerprint density at radius 1 is 1.47 bits per heavy atom. The maximum absolute atomic E-state index is 12.0. The Hall–Kier alpha value is -0.620. The van der Waals surface area contributed by atoms with Crippen LogP contribution in [0.4, 0.5) is 13.2 Å². The highest BCUT2D eigenvalue weighted by Gasteiger charge is 2.32. The van der Waals surface area contributed by atoms with Crippen molar-refractivity contribution in [2.24, 2.45) is 4.99 Å². The van der Waals surface area contributed by atoms with E-state index in [1.807, 2.05) is 0 Å². The zero-order valence-corrected chi connectivity index (χ0v) is 8.83. The molecular weight excluding hydrogens is 249 g/mol. The van der Waals surface area contributed by atoms with E-state index >= 15 is 0 Å². The fourth-order valence-corrected chi connectivity index (χ4v) is 2.70. The van der Waals surface area contributed by atoms with Crippen molar-refractivity contribution in [1.29, 1.82) is 0 Å². The lowest BCUT2D eigenvalue weighted by Crippen LogP contribution is -2.32. The number of thioether (sulfide) groups is 1. The van der Waals surface area contributed by atoms with E-state index in [1.54, 1.807) is 6.08 Å². The third-order valence-electron chi connectivity index (χ3n) is 1.92. The van der Waals surface area contributed by atoms with Crippen molar-refractivity contribution in [3.05, 3.63) is 23.9 Å². The molecule has 0 aromatic rings. The van der Waals surface area contributed by atoms with Gasteiger partial charge in [-0.3, -0.25) is 10.3 Å². The molecule has 1 aliphatic heterocycles.